The molecule has 0 atom stereocenters. The second kappa shape index (κ2) is 9.99. The SMILES string of the molecule is CCn1c(SCC(=O)NC(C)(C)C)nnc1-c1ccc(NC(=O)c2ccccc2C)cc1. The van der Waals surface area contributed by atoms with Gasteiger partial charge in [-0.2, -0.15) is 0 Å². The third-order valence-electron chi connectivity index (χ3n) is 4.67. The number of benzene rings is 2. The first-order chi connectivity index (χ1) is 15.2. The van der Waals surface area contributed by atoms with E-state index >= 15 is 0 Å². The summed E-state index contributed by atoms with van der Waals surface area (Å²) in [5, 5.41) is 15.2. The topological polar surface area (TPSA) is 88.9 Å². The zero-order valence-electron chi connectivity index (χ0n) is 19.1. The average Bonchev–Trinajstić information content (AvgIpc) is 3.14. The molecule has 168 valence electrons. The maximum Gasteiger partial charge on any atom is 0.255 e. The Morgan fingerprint density at radius 1 is 1.03 bits per heavy atom. The largest absolute Gasteiger partial charge is 0.351 e. The number of hydrogen-bond donors (Lipinski definition) is 2. The predicted molar refractivity (Wildman–Crippen MR) is 129 cm³/mol. The van der Waals surface area contributed by atoms with Gasteiger partial charge in [-0.1, -0.05) is 30.0 Å². The van der Waals surface area contributed by atoms with Gasteiger partial charge in [0, 0.05) is 28.9 Å². The fourth-order valence-electron chi connectivity index (χ4n) is 3.21. The predicted octanol–water partition coefficient (Wildman–Crippen LogP) is 4.53. The Labute approximate surface area is 193 Å². The molecule has 0 aliphatic heterocycles. The Morgan fingerprint density at radius 2 is 1.72 bits per heavy atom. The van der Waals surface area contributed by atoms with Gasteiger partial charge in [0.05, 0.1) is 5.75 Å². The van der Waals surface area contributed by atoms with E-state index in [1.165, 1.54) is 11.8 Å². The minimum Gasteiger partial charge on any atom is -0.351 e. The van der Waals surface area contributed by atoms with Crippen molar-refractivity contribution in [3.63, 3.8) is 0 Å². The number of anilines is 1. The molecular formula is C24H29N5O2S. The van der Waals surface area contributed by atoms with Crippen molar-refractivity contribution < 1.29 is 9.59 Å². The Bertz CT molecular complexity index is 1100. The van der Waals surface area contributed by atoms with Crippen molar-refractivity contribution in [3.8, 4) is 11.4 Å². The number of hydrogen-bond acceptors (Lipinski definition) is 5. The molecule has 0 bridgehead atoms. The highest BCUT2D eigenvalue weighted by atomic mass is 32.2. The molecule has 8 heteroatoms. The summed E-state index contributed by atoms with van der Waals surface area (Å²) in [6, 6.07) is 15.0. The van der Waals surface area contributed by atoms with Crippen LogP contribution >= 0.6 is 11.8 Å². The molecule has 2 aromatic carbocycles. The minimum absolute atomic E-state index is 0.0385. The maximum atomic E-state index is 12.5. The van der Waals surface area contributed by atoms with Crippen molar-refractivity contribution >= 4 is 29.3 Å². The van der Waals surface area contributed by atoms with Gasteiger partial charge in [0.15, 0.2) is 11.0 Å². The summed E-state index contributed by atoms with van der Waals surface area (Å²) in [6.07, 6.45) is 0. The number of aryl methyl sites for hydroxylation is 1. The van der Waals surface area contributed by atoms with Gasteiger partial charge in [0.2, 0.25) is 5.91 Å². The fraction of sp³-hybridized carbons (Fsp3) is 0.333. The van der Waals surface area contributed by atoms with Crippen LogP contribution in [0, 0.1) is 6.92 Å². The van der Waals surface area contributed by atoms with E-state index in [9.17, 15) is 9.59 Å². The quantitative estimate of drug-likeness (QED) is 0.515. The van der Waals surface area contributed by atoms with E-state index in [0.717, 1.165) is 17.0 Å². The van der Waals surface area contributed by atoms with Crippen molar-refractivity contribution in [2.24, 2.45) is 0 Å². The summed E-state index contributed by atoms with van der Waals surface area (Å²) in [5.74, 6) is 0.825. The van der Waals surface area contributed by atoms with Gasteiger partial charge in [-0.3, -0.25) is 9.59 Å². The van der Waals surface area contributed by atoms with Crippen LogP contribution in [0.2, 0.25) is 0 Å². The summed E-state index contributed by atoms with van der Waals surface area (Å²) in [6.45, 7) is 10.5. The molecule has 2 amide bonds. The lowest BCUT2D eigenvalue weighted by Crippen LogP contribution is -2.41. The van der Waals surface area contributed by atoms with E-state index in [1.54, 1.807) is 0 Å². The third-order valence-corrected chi connectivity index (χ3v) is 5.64. The lowest BCUT2D eigenvalue weighted by molar-refractivity contribution is -0.119. The van der Waals surface area contributed by atoms with E-state index in [1.807, 2.05) is 87.7 Å². The monoisotopic (exact) mass is 451 g/mol. The molecule has 0 spiro atoms. The van der Waals surface area contributed by atoms with Crippen LogP contribution in [0.1, 0.15) is 43.6 Å². The minimum atomic E-state index is -0.266. The molecule has 0 radical (unpaired) electrons. The van der Waals surface area contributed by atoms with Crippen LogP contribution in [-0.4, -0.2) is 37.9 Å². The number of nitrogens with one attached hydrogen (secondary N) is 2. The smallest absolute Gasteiger partial charge is 0.255 e. The van der Waals surface area contributed by atoms with Crippen LogP contribution in [0.3, 0.4) is 0 Å². The number of rotatable bonds is 7. The molecular weight excluding hydrogens is 422 g/mol. The molecule has 0 unspecified atom stereocenters. The van der Waals surface area contributed by atoms with Crippen LogP contribution in [0.25, 0.3) is 11.4 Å². The number of thioether (sulfide) groups is 1. The van der Waals surface area contributed by atoms with Crippen molar-refractivity contribution in [2.75, 3.05) is 11.1 Å². The van der Waals surface area contributed by atoms with Gasteiger partial charge in [0.1, 0.15) is 0 Å². The molecule has 1 heterocycles. The number of carbonyl (C=O) groups is 2. The second-order valence-corrected chi connectivity index (χ2v) is 9.43. The van der Waals surface area contributed by atoms with Gasteiger partial charge >= 0.3 is 0 Å². The molecule has 0 saturated heterocycles. The van der Waals surface area contributed by atoms with E-state index in [-0.39, 0.29) is 23.1 Å². The van der Waals surface area contributed by atoms with Gasteiger partial charge in [-0.15, -0.1) is 10.2 Å². The lowest BCUT2D eigenvalue weighted by atomic mass is 10.1. The number of aromatic nitrogens is 3. The van der Waals surface area contributed by atoms with E-state index < -0.39 is 0 Å². The van der Waals surface area contributed by atoms with Gasteiger partial charge in [0.25, 0.3) is 5.91 Å². The highest BCUT2D eigenvalue weighted by molar-refractivity contribution is 7.99. The van der Waals surface area contributed by atoms with Crippen LogP contribution in [0.5, 0.6) is 0 Å². The third kappa shape index (κ3) is 5.97. The molecule has 0 fully saturated rings. The summed E-state index contributed by atoms with van der Waals surface area (Å²) in [4.78, 5) is 24.7. The zero-order chi connectivity index (χ0) is 23.3. The van der Waals surface area contributed by atoms with E-state index in [4.69, 9.17) is 0 Å². The molecule has 32 heavy (non-hydrogen) atoms. The van der Waals surface area contributed by atoms with Crippen molar-refractivity contribution in [1.82, 2.24) is 20.1 Å². The molecule has 0 aliphatic rings. The van der Waals surface area contributed by atoms with Crippen molar-refractivity contribution in [2.45, 2.75) is 51.9 Å². The second-order valence-electron chi connectivity index (χ2n) is 8.48. The van der Waals surface area contributed by atoms with Crippen LogP contribution in [-0.2, 0) is 11.3 Å². The number of amides is 2. The Hall–Kier alpha value is -3.13. The van der Waals surface area contributed by atoms with Crippen LogP contribution in [0.4, 0.5) is 5.69 Å². The lowest BCUT2D eigenvalue weighted by Gasteiger charge is -2.20. The molecule has 0 aliphatic carbocycles. The maximum absolute atomic E-state index is 12.5. The van der Waals surface area contributed by atoms with Gasteiger partial charge < -0.3 is 15.2 Å². The summed E-state index contributed by atoms with van der Waals surface area (Å²) in [7, 11) is 0. The summed E-state index contributed by atoms with van der Waals surface area (Å²) >= 11 is 1.37. The molecule has 1 aromatic heterocycles. The Kier molecular flexibility index (Phi) is 7.35. The molecule has 3 rings (SSSR count). The Morgan fingerprint density at radius 3 is 2.34 bits per heavy atom. The standard InChI is InChI=1S/C24H29N5O2S/c1-6-29-21(27-28-23(29)32-15-20(30)26-24(3,4)5)17-11-13-18(14-12-17)25-22(31)19-10-8-7-9-16(19)2/h7-14H,6,15H2,1-5H3,(H,25,31)(H,26,30). The first-order valence-electron chi connectivity index (χ1n) is 10.5. The van der Waals surface area contributed by atoms with E-state index in [0.29, 0.717) is 23.0 Å². The van der Waals surface area contributed by atoms with Crippen molar-refractivity contribution in [3.05, 3.63) is 59.7 Å². The first kappa shape index (κ1) is 23.5. The molecule has 2 N–H and O–H groups in total. The fourth-order valence-corrected chi connectivity index (χ4v) is 4.01. The first-order valence-corrected chi connectivity index (χ1v) is 11.5. The number of nitrogens with zero attached hydrogens (tertiary/aromatic N) is 3. The molecule has 0 saturated carbocycles. The molecule has 7 nitrogen and oxygen atoms in total. The van der Waals surface area contributed by atoms with Crippen LogP contribution in [0.15, 0.2) is 53.7 Å². The van der Waals surface area contributed by atoms with Crippen molar-refractivity contribution in [1.29, 1.82) is 0 Å². The Balaban J connectivity index is 1.70. The highest BCUT2D eigenvalue weighted by Gasteiger charge is 2.17. The highest BCUT2D eigenvalue weighted by Crippen LogP contribution is 2.25. The summed E-state index contributed by atoms with van der Waals surface area (Å²) < 4.78 is 1.98. The van der Waals surface area contributed by atoms with Gasteiger partial charge in [-0.05, 0) is 70.5 Å². The van der Waals surface area contributed by atoms with Gasteiger partial charge in [-0.25, -0.2) is 0 Å². The van der Waals surface area contributed by atoms with Crippen LogP contribution < -0.4 is 10.6 Å². The van der Waals surface area contributed by atoms with E-state index in [2.05, 4.69) is 20.8 Å². The number of carbonyl (C=O) groups excluding carboxylic acids is 2. The molecule has 3 aromatic rings. The zero-order valence-corrected chi connectivity index (χ0v) is 19.9. The average molecular weight is 452 g/mol. The normalized spacial score (nSPS) is 11.3. The summed E-state index contributed by atoms with van der Waals surface area (Å²) in [5.41, 5.74) is 2.91.